The number of carbonyl (C=O) groups is 9. The summed E-state index contributed by atoms with van der Waals surface area (Å²) >= 11 is 0. The van der Waals surface area contributed by atoms with E-state index >= 15 is 0 Å². The normalized spacial score (nSPS) is 9.69. The fraction of sp³-hybridized carbons (Fsp3) is 0.525. The first-order chi connectivity index (χ1) is 28.6. The minimum Gasteiger partial charge on any atom is -1.00 e. The Hall–Kier alpha value is -2.09. The number of urea groups is 1. The molecule has 2 atom stereocenters. The molecular formula is C40H61Br7N7O12Re-7. The van der Waals surface area contributed by atoms with Gasteiger partial charge in [0.25, 0.3) is 0 Å². The van der Waals surface area contributed by atoms with Gasteiger partial charge in [0.1, 0.15) is 32.5 Å². The number of amides is 4. The van der Waals surface area contributed by atoms with E-state index in [0.29, 0.717) is 45.2 Å². The molecule has 0 fully saturated rings. The maximum atomic E-state index is 12.2. The molecule has 0 aliphatic heterocycles. The quantitative estimate of drug-likeness (QED) is 0.0351. The SMILES string of the molecule is C=O.C=O.C=O.O=C(O)CCC(NC(=O)NC(CCCCNC(=O)CCCCCCC(=O)NCCCCCCNC(c1ccccn1)c1ccccn1)C(=O)O)C(=O)O.[Br-].[Br-].[Br-].[Br-].[Br-].[Br-].[Br-].[Re]. The van der Waals surface area contributed by atoms with E-state index in [1.807, 2.05) is 56.8 Å². The summed E-state index contributed by atoms with van der Waals surface area (Å²) in [4.78, 5) is 103. The summed E-state index contributed by atoms with van der Waals surface area (Å²) in [7, 11) is 0. The molecule has 0 aromatic carbocycles. The van der Waals surface area contributed by atoms with Gasteiger partial charge >= 0.3 is 23.9 Å². The Morgan fingerprint density at radius 2 is 0.866 bits per heavy atom. The van der Waals surface area contributed by atoms with Gasteiger partial charge in [-0.1, -0.05) is 37.8 Å². The van der Waals surface area contributed by atoms with Crippen molar-refractivity contribution in [3.05, 3.63) is 60.2 Å². The molecule has 2 heterocycles. The summed E-state index contributed by atoms with van der Waals surface area (Å²) in [6, 6.07) is 7.90. The monoisotopic (exact) mass is 1570 g/mol. The van der Waals surface area contributed by atoms with Crippen molar-refractivity contribution in [1.82, 2.24) is 36.6 Å². The predicted octanol–water partition coefficient (Wildman–Crippen LogP) is -18.0. The van der Waals surface area contributed by atoms with Crippen LogP contribution in [0.1, 0.15) is 114 Å². The van der Waals surface area contributed by atoms with E-state index in [1.165, 1.54) is 0 Å². The van der Waals surface area contributed by atoms with Gasteiger partial charge in [0.05, 0.1) is 17.4 Å². The zero-order chi connectivity index (χ0) is 44.7. The van der Waals surface area contributed by atoms with Gasteiger partial charge in [-0.2, -0.15) is 0 Å². The molecule has 2 rings (SSSR count). The smallest absolute Gasteiger partial charge is 0.326 e. The number of nitrogens with zero attached hydrogens (tertiary/aromatic N) is 2. The number of aliphatic carboxylic acids is 3. The third-order valence-corrected chi connectivity index (χ3v) is 8.39. The van der Waals surface area contributed by atoms with Gasteiger partial charge in [0, 0.05) is 65.2 Å². The van der Waals surface area contributed by atoms with Crippen molar-refractivity contribution in [3.63, 3.8) is 0 Å². The zero-order valence-electron chi connectivity index (χ0n) is 36.6. The van der Waals surface area contributed by atoms with Crippen LogP contribution in [0.2, 0.25) is 0 Å². The first kappa shape index (κ1) is 87.9. The topological polar surface area (TPSA) is 300 Å². The number of unbranched alkanes of at least 4 members (excludes halogenated alkanes) is 7. The molecule has 19 nitrogen and oxygen atoms in total. The summed E-state index contributed by atoms with van der Waals surface area (Å²) in [5.41, 5.74) is 1.87. The van der Waals surface area contributed by atoms with Crippen molar-refractivity contribution >= 4 is 56.1 Å². The van der Waals surface area contributed by atoms with E-state index in [9.17, 15) is 33.9 Å². The van der Waals surface area contributed by atoms with Crippen molar-refractivity contribution < 1.29 is 198 Å². The van der Waals surface area contributed by atoms with Gasteiger partial charge in [-0.15, -0.1) is 0 Å². The molecule has 67 heavy (non-hydrogen) atoms. The van der Waals surface area contributed by atoms with E-state index in [-0.39, 0.29) is 170 Å². The number of hydrogen-bond acceptors (Lipinski definition) is 12. The van der Waals surface area contributed by atoms with Crippen LogP contribution in [-0.4, -0.2) is 113 Å². The minimum absolute atomic E-state index is 0. The number of carboxylic acids is 3. The van der Waals surface area contributed by atoms with E-state index in [2.05, 4.69) is 36.6 Å². The number of halogens is 7. The van der Waals surface area contributed by atoms with E-state index in [4.69, 9.17) is 24.6 Å². The molecule has 1 radical (unpaired) electrons. The molecule has 2 aromatic heterocycles. The Morgan fingerprint density at radius 3 is 1.24 bits per heavy atom. The summed E-state index contributed by atoms with van der Waals surface area (Å²) in [5.74, 6) is -4.04. The summed E-state index contributed by atoms with van der Waals surface area (Å²) in [6.07, 6.45) is 11.6. The number of rotatable bonds is 29. The third kappa shape index (κ3) is 48.7. The zero-order valence-corrected chi connectivity index (χ0v) is 50.5. The van der Waals surface area contributed by atoms with Crippen LogP contribution in [-0.2, 0) is 58.8 Å². The summed E-state index contributed by atoms with van der Waals surface area (Å²) in [6.45, 7) is 7.83. The predicted molar refractivity (Wildman–Crippen MR) is 217 cm³/mol. The van der Waals surface area contributed by atoms with Gasteiger partial charge in [0.2, 0.25) is 11.8 Å². The first-order valence-corrected chi connectivity index (χ1v) is 19.3. The standard InChI is InChI=1S/C37H55N7O9.3CH2O.7BrH.Re/c45-31(40-24-10-3-4-11-26-42-34(27-15-7-12-22-38-27)28-16-8-13-23-39-28)18-5-1-2-6-19-32(46)41-25-14-9-17-29(35(49)50)43-37(53)44-30(36(51)52)20-21-33(47)48;3*1-2;;;;;;;;/h7-8,12-13,15-16,22-23,29-30,34,42H,1-6,9-11,14,17-21,24-26H2,(H,40,45)(H,41,46)(H,47,48)(H,49,50)(H,51,52)(H2,43,44,53);3*1H2;7*1H;/p-7. The Morgan fingerprint density at radius 1 is 0.493 bits per heavy atom. The van der Waals surface area contributed by atoms with Crippen LogP contribution in [0.25, 0.3) is 0 Å². The fourth-order valence-electron chi connectivity index (χ4n) is 5.48. The van der Waals surface area contributed by atoms with Gasteiger partial charge in [-0.05, 0) is 82.2 Å². The minimum atomic E-state index is -1.47. The number of carbonyl (C=O) groups excluding carboxylic acids is 6. The average molecular weight is 1580 g/mol. The second-order valence-electron chi connectivity index (χ2n) is 12.8. The van der Waals surface area contributed by atoms with Crippen LogP contribution in [0, 0.1) is 0 Å². The van der Waals surface area contributed by atoms with Crippen molar-refractivity contribution in [3.8, 4) is 0 Å². The summed E-state index contributed by atoms with van der Waals surface area (Å²) in [5, 5.41) is 40.9. The van der Waals surface area contributed by atoms with Crippen molar-refractivity contribution in [2.24, 2.45) is 0 Å². The number of aromatic nitrogens is 2. The molecule has 0 aliphatic rings. The first-order valence-electron chi connectivity index (χ1n) is 19.3. The van der Waals surface area contributed by atoms with E-state index < -0.39 is 42.4 Å². The van der Waals surface area contributed by atoms with Gasteiger partial charge in [-0.25, -0.2) is 14.4 Å². The molecule has 391 valence electrons. The molecule has 0 bridgehead atoms. The van der Waals surface area contributed by atoms with Crippen LogP contribution < -0.4 is 145 Å². The Labute approximate surface area is 480 Å². The molecular weight excluding hydrogens is 1520 g/mol. The Bertz CT molecular complexity index is 1450. The number of pyridine rings is 2. The van der Waals surface area contributed by atoms with E-state index in [1.54, 1.807) is 12.4 Å². The molecule has 0 saturated heterocycles. The second-order valence-corrected chi connectivity index (χ2v) is 12.8. The number of hydrogen-bond donors (Lipinski definition) is 8. The largest absolute Gasteiger partial charge is 1.00 e. The van der Waals surface area contributed by atoms with Crippen LogP contribution >= 0.6 is 0 Å². The van der Waals surface area contributed by atoms with Gasteiger partial charge in [0.15, 0.2) is 0 Å². The molecule has 2 unspecified atom stereocenters. The van der Waals surface area contributed by atoms with Crippen molar-refractivity contribution in [2.75, 3.05) is 19.6 Å². The Kier molecular flexibility index (Phi) is 81.3. The Balaban J connectivity index is -0.000000278. The van der Waals surface area contributed by atoms with Gasteiger partial charge < -0.3 is 175 Å². The summed E-state index contributed by atoms with van der Waals surface area (Å²) < 4.78 is 0. The maximum absolute atomic E-state index is 12.2. The second kappa shape index (κ2) is 61.9. The van der Waals surface area contributed by atoms with Crippen LogP contribution in [0.15, 0.2) is 48.8 Å². The molecule has 4 amide bonds. The molecule has 0 saturated carbocycles. The van der Waals surface area contributed by atoms with Gasteiger partial charge in [-0.3, -0.25) is 24.4 Å². The van der Waals surface area contributed by atoms with Crippen molar-refractivity contribution in [2.45, 2.75) is 114 Å². The third-order valence-electron chi connectivity index (χ3n) is 8.39. The average Bonchev–Trinajstić information content (AvgIpc) is 3.25. The number of nitrogens with one attached hydrogen (secondary N) is 5. The molecule has 2 aromatic rings. The van der Waals surface area contributed by atoms with E-state index in [0.717, 1.165) is 62.9 Å². The fourth-order valence-corrected chi connectivity index (χ4v) is 5.48. The molecule has 8 N–H and O–H groups in total. The van der Waals surface area contributed by atoms with Crippen LogP contribution in [0.5, 0.6) is 0 Å². The number of carboxylic acid groups (broad SMARTS) is 3. The maximum Gasteiger partial charge on any atom is 0.326 e. The molecule has 0 aliphatic carbocycles. The molecule has 0 spiro atoms. The molecule has 27 heteroatoms. The van der Waals surface area contributed by atoms with Crippen LogP contribution in [0.4, 0.5) is 4.79 Å². The van der Waals surface area contributed by atoms with Crippen molar-refractivity contribution in [1.29, 1.82) is 0 Å². The van der Waals surface area contributed by atoms with Crippen LogP contribution in [0.3, 0.4) is 0 Å².